The van der Waals surface area contributed by atoms with E-state index in [1.54, 1.807) is 0 Å². The Balaban J connectivity index is 1.93. The second-order valence-electron chi connectivity index (χ2n) is 4.25. The summed E-state index contributed by atoms with van der Waals surface area (Å²) in [5.74, 6) is 0. The van der Waals surface area contributed by atoms with Crippen LogP contribution in [0.15, 0.2) is 0 Å². The van der Waals surface area contributed by atoms with Crippen molar-refractivity contribution in [3.05, 3.63) is 0 Å². The second-order valence-corrected chi connectivity index (χ2v) is 4.25. The SMILES string of the molecule is N#CC1(NC2CNC2)CCCCC1. The van der Waals surface area contributed by atoms with Gasteiger partial charge in [0.2, 0.25) is 0 Å². The molecule has 0 atom stereocenters. The molecule has 0 unspecified atom stereocenters. The summed E-state index contributed by atoms with van der Waals surface area (Å²) < 4.78 is 0. The third-order valence-corrected chi connectivity index (χ3v) is 3.18. The van der Waals surface area contributed by atoms with E-state index in [0.717, 1.165) is 25.9 Å². The molecule has 1 heterocycles. The first-order chi connectivity index (χ1) is 6.35. The van der Waals surface area contributed by atoms with Crippen LogP contribution >= 0.6 is 0 Å². The minimum atomic E-state index is -0.189. The molecule has 2 aliphatic rings. The van der Waals surface area contributed by atoms with Crippen molar-refractivity contribution in [2.45, 2.75) is 43.7 Å². The lowest BCUT2D eigenvalue weighted by atomic mass is 9.82. The number of nitriles is 1. The second kappa shape index (κ2) is 3.65. The minimum Gasteiger partial charge on any atom is -0.314 e. The van der Waals surface area contributed by atoms with E-state index in [4.69, 9.17) is 0 Å². The van der Waals surface area contributed by atoms with Crippen LogP contribution < -0.4 is 10.6 Å². The first-order valence-electron chi connectivity index (χ1n) is 5.24. The van der Waals surface area contributed by atoms with Crippen LogP contribution in [-0.4, -0.2) is 24.7 Å². The van der Waals surface area contributed by atoms with E-state index in [2.05, 4.69) is 16.7 Å². The van der Waals surface area contributed by atoms with Gasteiger partial charge in [-0.3, -0.25) is 5.32 Å². The highest BCUT2D eigenvalue weighted by molar-refractivity contribution is 5.10. The quantitative estimate of drug-likeness (QED) is 0.658. The van der Waals surface area contributed by atoms with Gasteiger partial charge in [0, 0.05) is 19.1 Å². The van der Waals surface area contributed by atoms with Crippen LogP contribution in [0.4, 0.5) is 0 Å². The highest BCUT2D eigenvalue weighted by atomic mass is 15.1. The fourth-order valence-electron chi connectivity index (χ4n) is 2.23. The van der Waals surface area contributed by atoms with Crippen molar-refractivity contribution < 1.29 is 0 Å². The van der Waals surface area contributed by atoms with Gasteiger partial charge >= 0.3 is 0 Å². The number of nitrogens with zero attached hydrogens (tertiary/aromatic N) is 1. The van der Waals surface area contributed by atoms with Crippen LogP contribution in [0.1, 0.15) is 32.1 Å². The maximum absolute atomic E-state index is 9.18. The predicted molar refractivity (Wildman–Crippen MR) is 51.2 cm³/mol. The molecule has 0 aromatic carbocycles. The molecule has 1 saturated heterocycles. The number of hydrogen-bond donors (Lipinski definition) is 2. The van der Waals surface area contributed by atoms with Gasteiger partial charge in [0.15, 0.2) is 0 Å². The van der Waals surface area contributed by atoms with Crippen LogP contribution in [0, 0.1) is 11.3 Å². The topological polar surface area (TPSA) is 47.9 Å². The summed E-state index contributed by atoms with van der Waals surface area (Å²) in [6.45, 7) is 2.06. The first-order valence-corrected chi connectivity index (χ1v) is 5.24. The Kier molecular flexibility index (Phi) is 2.52. The standard InChI is InChI=1S/C10H17N3/c11-8-10(4-2-1-3-5-10)13-9-6-12-7-9/h9,12-13H,1-7H2. The number of nitrogens with one attached hydrogen (secondary N) is 2. The monoisotopic (exact) mass is 179 g/mol. The summed E-state index contributed by atoms with van der Waals surface area (Å²) in [5.41, 5.74) is -0.189. The van der Waals surface area contributed by atoms with Gasteiger partial charge < -0.3 is 5.32 Å². The van der Waals surface area contributed by atoms with E-state index in [1.165, 1.54) is 19.3 Å². The van der Waals surface area contributed by atoms with E-state index >= 15 is 0 Å². The van der Waals surface area contributed by atoms with Crippen LogP contribution in [0.25, 0.3) is 0 Å². The molecule has 0 bridgehead atoms. The lowest BCUT2D eigenvalue weighted by Crippen LogP contribution is -2.62. The van der Waals surface area contributed by atoms with Gasteiger partial charge in [0.05, 0.1) is 6.07 Å². The lowest BCUT2D eigenvalue weighted by Gasteiger charge is -2.39. The van der Waals surface area contributed by atoms with Crippen molar-refractivity contribution in [1.82, 2.24) is 10.6 Å². The molecule has 2 rings (SSSR count). The van der Waals surface area contributed by atoms with Crippen molar-refractivity contribution in [2.75, 3.05) is 13.1 Å². The largest absolute Gasteiger partial charge is 0.314 e. The van der Waals surface area contributed by atoms with Crippen molar-refractivity contribution in [3.8, 4) is 6.07 Å². The van der Waals surface area contributed by atoms with Gasteiger partial charge in [-0.05, 0) is 12.8 Å². The fourth-order valence-corrected chi connectivity index (χ4v) is 2.23. The van der Waals surface area contributed by atoms with Gasteiger partial charge in [-0.1, -0.05) is 19.3 Å². The molecular formula is C10H17N3. The van der Waals surface area contributed by atoms with Gasteiger partial charge in [0.1, 0.15) is 5.54 Å². The molecule has 3 nitrogen and oxygen atoms in total. The third kappa shape index (κ3) is 1.84. The molecule has 0 aromatic rings. The Labute approximate surface area is 79.5 Å². The maximum Gasteiger partial charge on any atom is 0.107 e. The van der Waals surface area contributed by atoms with Crippen molar-refractivity contribution in [1.29, 1.82) is 5.26 Å². The Morgan fingerprint density at radius 3 is 2.38 bits per heavy atom. The Bertz CT molecular complexity index is 209. The summed E-state index contributed by atoms with van der Waals surface area (Å²) in [5, 5.41) is 15.9. The first kappa shape index (κ1) is 8.98. The summed E-state index contributed by atoms with van der Waals surface area (Å²) in [7, 11) is 0. The van der Waals surface area contributed by atoms with Crippen molar-refractivity contribution >= 4 is 0 Å². The highest BCUT2D eigenvalue weighted by Crippen LogP contribution is 2.28. The van der Waals surface area contributed by atoms with Crippen LogP contribution in [0.5, 0.6) is 0 Å². The Hall–Kier alpha value is -0.590. The zero-order valence-corrected chi connectivity index (χ0v) is 7.97. The molecule has 2 N–H and O–H groups in total. The van der Waals surface area contributed by atoms with Crippen molar-refractivity contribution in [2.24, 2.45) is 0 Å². The van der Waals surface area contributed by atoms with Crippen LogP contribution in [0.3, 0.4) is 0 Å². The van der Waals surface area contributed by atoms with Gasteiger partial charge in [-0.15, -0.1) is 0 Å². The molecule has 0 radical (unpaired) electrons. The molecular weight excluding hydrogens is 162 g/mol. The Morgan fingerprint density at radius 1 is 1.23 bits per heavy atom. The lowest BCUT2D eigenvalue weighted by molar-refractivity contribution is 0.231. The summed E-state index contributed by atoms with van der Waals surface area (Å²) in [6.07, 6.45) is 5.80. The fraction of sp³-hybridized carbons (Fsp3) is 0.900. The molecule has 1 aliphatic heterocycles. The van der Waals surface area contributed by atoms with Gasteiger partial charge in [-0.2, -0.15) is 5.26 Å². The molecule has 0 aromatic heterocycles. The van der Waals surface area contributed by atoms with Crippen molar-refractivity contribution in [3.63, 3.8) is 0 Å². The molecule has 13 heavy (non-hydrogen) atoms. The molecule has 72 valence electrons. The van der Waals surface area contributed by atoms with E-state index < -0.39 is 0 Å². The third-order valence-electron chi connectivity index (χ3n) is 3.18. The van der Waals surface area contributed by atoms with Crippen LogP contribution in [0.2, 0.25) is 0 Å². The molecule has 1 saturated carbocycles. The minimum absolute atomic E-state index is 0.189. The zero-order chi connectivity index (χ0) is 9.15. The van der Waals surface area contributed by atoms with E-state index in [0.29, 0.717) is 6.04 Å². The highest BCUT2D eigenvalue weighted by Gasteiger charge is 2.35. The molecule has 0 spiro atoms. The van der Waals surface area contributed by atoms with E-state index in [9.17, 15) is 5.26 Å². The molecule has 3 heteroatoms. The zero-order valence-electron chi connectivity index (χ0n) is 7.97. The summed E-state index contributed by atoms with van der Waals surface area (Å²) in [6, 6.07) is 3.02. The normalized spacial score (nSPS) is 27.6. The molecule has 2 fully saturated rings. The molecule has 0 amide bonds. The van der Waals surface area contributed by atoms with E-state index in [-0.39, 0.29) is 5.54 Å². The summed E-state index contributed by atoms with van der Waals surface area (Å²) in [4.78, 5) is 0. The summed E-state index contributed by atoms with van der Waals surface area (Å²) >= 11 is 0. The average molecular weight is 179 g/mol. The smallest absolute Gasteiger partial charge is 0.107 e. The predicted octanol–water partition coefficient (Wildman–Crippen LogP) is 0.774. The number of rotatable bonds is 2. The van der Waals surface area contributed by atoms with Gasteiger partial charge in [-0.25, -0.2) is 0 Å². The number of hydrogen-bond acceptors (Lipinski definition) is 3. The van der Waals surface area contributed by atoms with E-state index in [1.807, 2.05) is 0 Å². The molecule has 1 aliphatic carbocycles. The average Bonchev–Trinajstić information content (AvgIpc) is 2.13. The maximum atomic E-state index is 9.18. The van der Waals surface area contributed by atoms with Crippen LogP contribution in [-0.2, 0) is 0 Å². The van der Waals surface area contributed by atoms with Gasteiger partial charge in [0.25, 0.3) is 0 Å². The Morgan fingerprint density at radius 2 is 1.92 bits per heavy atom.